The monoisotopic (exact) mass is 246 g/mol. The second kappa shape index (κ2) is 5.40. The van der Waals surface area contributed by atoms with Crippen molar-refractivity contribution < 1.29 is 13.2 Å². The number of hydrogen-bond donors (Lipinski definition) is 1. The van der Waals surface area contributed by atoms with Crippen molar-refractivity contribution in [2.45, 2.75) is 26.6 Å². The molecular formula is C12H17F3N2. The molecule has 96 valence electrons. The van der Waals surface area contributed by atoms with E-state index in [1.54, 1.807) is 0 Å². The fraction of sp³-hybridized carbons (Fsp3) is 0.500. The van der Waals surface area contributed by atoms with Gasteiger partial charge in [-0.15, -0.1) is 0 Å². The Bertz CT molecular complexity index is 371. The number of anilines is 1. The van der Waals surface area contributed by atoms with Crippen LogP contribution in [0.15, 0.2) is 18.2 Å². The zero-order valence-electron chi connectivity index (χ0n) is 10.0. The van der Waals surface area contributed by atoms with Gasteiger partial charge in [0.25, 0.3) is 0 Å². The van der Waals surface area contributed by atoms with Crippen LogP contribution in [0, 0.1) is 0 Å². The van der Waals surface area contributed by atoms with Gasteiger partial charge in [0.15, 0.2) is 0 Å². The summed E-state index contributed by atoms with van der Waals surface area (Å²) in [6, 6.07) is 3.73. The quantitative estimate of drug-likeness (QED) is 0.884. The molecule has 0 saturated heterocycles. The lowest BCUT2D eigenvalue weighted by Gasteiger charge is -2.24. The molecule has 0 unspecified atom stereocenters. The van der Waals surface area contributed by atoms with Crippen LogP contribution in [0.5, 0.6) is 0 Å². The zero-order chi connectivity index (χ0) is 13.1. The Morgan fingerprint density at radius 3 is 2.18 bits per heavy atom. The van der Waals surface area contributed by atoms with Crippen molar-refractivity contribution in [1.29, 1.82) is 0 Å². The minimum Gasteiger partial charge on any atom is -0.372 e. The molecule has 0 heterocycles. The third-order valence-electron chi connectivity index (χ3n) is 2.73. The van der Waals surface area contributed by atoms with Crippen LogP contribution in [0.1, 0.15) is 25.0 Å². The summed E-state index contributed by atoms with van der Waals surface area (Å²) >= 11 is 0. The summed E-state index contributed by atoms with van der Waals surface area (Å²) in [5.41, 5.74) is 6.19. The second-order valence-corrected chi connectivity index (χ2v) is 3.72. The zero-order valence-corrected chi connectivity index (χ0v) is 10.0. The molecule has 0 radical (unpaired) electrons. The predicted octanol–water partition coefficient (Wildman–Crippen LogP) is 3.01. The van der Waals surface area contributed by atoms with Gasteiger partial charge in [-0.1, -0.05) is 0 Å². The molecule has 0 amide bonds. The molecule has 0 atom stereocenters. The molecule has 2 nitrogen and oxygen atoms in total. The standard InChI is InChI=1S/C12H17F3N2/c1-3-17(4-2)11-6-5-10(12(13,14)15)7-9(11)8-16/h5-7H,3-4,8,16H2,1-2H3. The first kappa shape index (κ1) is 13.8. The van der Waals surface area contributed by atoms with E-state index in [9.17, 15) is 13.2 Å². The van der Waals surface area contributed by atoms with Crippen LogP contribution in [-0.2, 0) is 12.7 Å². The second-order valence-electron chi connectivity index (χ2n) is 3.72. The van der Waals surface area contributed by atoms with E-state index < -0.39 is 11.7 Å². The predicted molar refractivity (Wildman–Crippen MR) is 62.9 cm³/mol. The van der Waals surface area contributed by atoms with E-state index in [1.807, 2.05) is 18.7 Å². The van der Waals surface area contributed by atoms with Gasteiger partial charge >= 0.3 is 6.18 Å². The van der Waals surface area contributed by atoms with Gasteiger partial charge in [0.2, 0.25) is 0 Å². The molecule has 0 aromatic heterocycles. The van der Waals surface area contributed by atoms with Gasteiger partial charge in [-0.3, -0.25) is 0 Å². The largest absolute Gasteiger partial charge is 0.416 e. The van der Waals surface area contributed by atoms with Crippen LogP contribution in [0.3, 0.4) is 0 Å². The van der Waals surface area contributed by atoms with Crippen molar-refractivity contribution in [2.24, 2.45) is 5.73 Å². The summed E-state index contributed by atoms with van der Waals surface area (Å²) in [7, 11) is 0. The number of benzene rings is 1. The summed E-state index contributed by atoms with van der Waals surface area (Å²) in [6.07, 6.45) is -4.31. The third-order valence-corrected chi connectivity index (χ3v) is 2.73. The Hall–Kier alpha value is -1.23. The van der Waals surface area contributed by atoms with E-state index in [4.69, 9.17) is 5.73 Å². The first-order chi connectivity index (χ1) is 7.93. The highest BCUT2D eigenvalue weighted by Crippen LogP contribution is 2.32. The van der Waals surface area contributed by atoms with Crippen LogP contribution in [-0.4, -0.2) is 13.1 Å². The smallest absolute Gasteiger partial charge is 0.372 e. The minimum atomic E-state index is -4.31. The van der Waals surface area contributed by atoms with Gasteiger partial charge in [0, 0.05) is 25.3 Å². The highest BCUT2D eigenvalue weighted by molar-refractivity contribution is 5.55. The summed E-state index contributed by atoms with van der Waals surface area (Å²) < 4.78 is 37.6. The summed E-state index contributed by atoms with van der Waals surface area (Å²) in [4.78, 5) is 1.99. The van der Waals surface area contributed by atoms with Gasteiger partial charge in [0.1, 0.15) is 0 Å². The molecule has 5 heteroatoms. The van der Waals surface area contributed by atoms with Crippen molar-refractivity contribution >= 4 is 5.69 Å². The number of nitrogens with two attached hydrogens (primary N) is 1. The first-order valence-electron chi connectivity index (χ1n) is 5.59. The van der Waals surface area contributed by atoms with Crippen molar-refractivity contribution in [3.63, 3.8) is 0 Å². The van der Waals surface area contributed by atoms with Crippen LogP contribution in [0.25, 0.3) is 0 Å². The maximum absolute atomic E-state index is 12.5. The minimum absolute atomic E-state index is 0.107. The molecule has 17 heavy (non-hydrogen) atoms. The molecular weight excluding hydrogens is 229 g/mol. The summed E-state index contributed by atoms with van der Waals surface area (Å²) in [5.74, 6) is 0. The Labute approximate surface area is 99.2 Å². The van der Waals surface area contributed by atoms with Crippen molar-refractivity contribution in [3.8, 4) is 0 Å². The highest BCUT2D eigenvalue weighted by Gasteiger charge is 2.31. The van der Waals surface area contributed by atoms with E-state index in [2.05, 4.69) is 0 Å². The lowest BCUT2D eigenvalue weighted by atomic mass is 10.1. The number of nitrogens with zero attached hydrogens (tertiary/aromatic N) is 1. The highest BCUT2D eigenvalue weighted by atomic mass is 19.4. The summed E-state index contributed by atoms with van der Waals surface area (Å²) in [5, 5.41) is 0. The molecule has 1 aromatic rings. The Morgan fingerprint density at radius 2 is 1.76 bits per heavy atom. The Balaban J connectivity index is 3.18. The van der Waals surface area contributed by atoms with Gasteiger partial charge in [0.05, 0.1) is 5.56 Å². The lowest BCUT2D eigenvalue weighted by molar-refractivity contribution is -0.137. The van der Waals surface area contributed by atoms with E-state index >= 15 is 0 Å². The molecule has 0 bridgehead atoms. The normalized spacial score (nSPS) is 11.6. The fourth-order valence-electron chi connectivity index (χ4n) is 1.80. The van der Waals surface area contributed by atoms with Gasteiger partial charge < -0.3 is 10.6 Å². The van der Waals surface area contributed by atoms with E-state index in [0.29, 0.717) is 5.56 Å². The average Bonchev–Trinajstić information content (AvgIpc) is 2.29. The molecule has 1 aromatic carbocycles. The van der Waals surface area contributed by atoms with Gasteiger partial charge in [-0.05, 0) is 37.6 Å². The maximum Gasteiger partial charge on any atom is 0.416 e. The molecule has 1 rings (SSSR count). The topological polar surface area (TPSA) is 29.3 Å². The third kappa shape index (κ3) is 3.12. The molecule has 0 aliphatic heterocycles. The lowest BCUT2D eigenvalue weighted by Crippen LogP contribution is -2.24. The summed E-state index contributed by atoms with van der Waals surface area (Å²) in [6.45, 7) is 5.52. The van der Waals surface area contributed by atoms with E-state index in [1.165, 1.54) is 6.07 Å². The molecule has 0 aliphatic rings. The number of halogens is 3. The Morgan fingerprint density at radius 1 is 1.18 bits per heavy atom. The molecule has 0 saturated carbocycles. The molecule has 0 fully saturated rings. The molecule has 0 aliphatic carbocycles. The number of rotatable bonds is 4. The number of hydrogen-bond acceptors (Lipinski definition) is 2. The van der Waals surface area contributed by atoms with E-state index in [-0.39, 0.29) is 6.54 Å². The van der Waals surface area contributed by atoms with Crippen molar-refractivity contribution in [1.82, 2.24) is 0 Å². The Kier molecular flexibility index (Phi) is 4.40. The average molecular weight is 246 g/mol. The van der Waals surface area contributed by atoms with E-state index in [0.717, 1.165) is 30.9 Å². The van der Waals surface area contributed by atoms with Gasteiger partial charge in [-0.2, -0.15) is 13.2 Å². The first-order valence-corrected chi connectivity index (χ1v) is 5.59. The van der Waals surface area contributed by atoms with Crippen LogP contribution in [0.4, 0.5) is 18.9 Å². The molecule has 0 spiro atoms. The fourth-order valence-corrected chi connectivity index (χ4v) is 1.80. The van der Waals surface area contributed by atoms with Crippen molar-refractivity contribution in [2.75, 3.05) is 18.0 Å². The SMILES string of the molecule is CCN(CC)c1ccc(C(F)(F)F)cc1CN. The number of alkyl halides is 3. The van der Waals surface area contributed by atoms with Gasteiger partial charge in [-0.25, -0.2) is 0 Å². The van der Waals surface area contributed by atoms with Crippen LogP contribution < -0.4 is 10.6 Å². The molecule has 2 N–H and O–H groups in total. The van der Waals surface area contributed by atoms with Crippen molar-refractivity contribution in [3.05, 3.63) is 29.3 Å². The van der Waals surface area contributed by atoms with Crippen LogP contribution >= 0.6 is 0 Å². The maximum atomic E-state index is 12.5. The van der Waals surface area contributed by atoms with Crippen LogP contribution in [0.2, 0.25) is 0 Å².